The first-order valence-corrected chi connectivity index (χ1v) is 3.46. The number of phenols is 1. The van der Waals surface area contributed by atoms with Crippen molar-refractivity contribution in [2.75, 3.05) is 5.32 Å². The molecule has 0 saturated heterocycles. The normalized spacial score (nSPS) is 24.2. The number of carbonyl (C=O) groups is 1. The van der Waals surface area contributed by atoms with Gasteiger partial charge >= 0.3 is 0 Å². The van der Waals surface area contributed by atoms with E-state index >= 15 is 0 Å². The molecule has 0 radical (unpaired) electrons. The molecule has 62 valence electrons. The fourth-order valence-corrected chi connectivity index (χ4v) is 1.05. The molecular weight excluding hydrogens is 154 g/mol. The highest BCUT2D eigenvalue weighted by Gasteiger charge is 2.14. The fourth-order valence-electron chi connectivity index (χ4n) is 1.05. The molecule has 0 saturated carbocycles. The summed E-state index contributed by atoms with van der Waals surface area (Å²) in [6, 6.07) is 0.682. The lowest BCUT2D eigenvalue weighted by Crippen LogP contribution is -2.18. The maximum absolute atomic E-state index is 11.3. The number of anilines is 1. The molecule has 1 aliphatic rings. The van der Waals surface area contributed by atoms with Gasteiger partial charge in [-0.3, -0.25) is 4.79 Å². The lowest BCUT2D eigenvalue weighted by Gasteiger charge is -2.16. The molecule has 2 N–H and O–H groups in total. The maximum atomic E-state index is 11.3. The third-order valence-corrected chi connectivity index (χ3v) is 1.63. The molecule has 1 aromatic rings. The highest BCUT2D eigenvalue weighted by atomic mass is 16.3. The van der Waals surface area contributed by atoms with Crippen LogP contribution >= 0.6 is 0 Å². The molecule has 0 atom stereocenters. The Hall–Kier alpha value is -1.51. The fraction of sp³-hybridized carbons (Fsp3) is 0.222. The van der Waals surface area contributed by atoms with Crippen LogP contribution in [-0.4, -0.2) is 11.0 Å². The van der Waals surface area contributed by atoms with Crippen LogP contribution in [0, 0.1) is 0 Å². The van der Waals surface area contributed by atoms with Crippen LogP contribution in [0.3, 0.4) is 0 Å². The zero-order valence-corrected chi connectivity index (χ0v) is 6.14. The largest absolute Gasteiger partial charge is 0.508 e. The van der Waals surface area contributed by atoms with Crippen molar-refractivity contribution in [1.82, 2.24) is 0 Å². The summed E-state index contributed by atoms with van der Waals surface area (Å²) in [5.41, 5.74) is 0.450. The molecular formula is C9H9NO2. The number of fused-ring (bicyclic) bond motifs is 1. The molecule has 0 fully saturated rings. The van der Waals surface area contributed by atoms with Crippen molar-refractivity contribution in [2.24, 2.45) is 0 Å². The molecule has 2 rings (SSSR count). The van der Waals surface area contributed by atoms with Crippen molar-refractivity contribution < 1.29 is 15.4 Å². The Bertz CT molecular complexity index is 487. The molecule has 0 unspecified atom stereocenters. The Morgan fingerprint density at radius 3 is 3.42 bits per heavy atom. The number of aryl methyl sites for hydroxylation is 1. The van der Waals surface area contributed by atoms with Gasteiger partial charge in [0.25, 0.3) is 0 Å². The molecule has 0 aromatic heterocycles. The van der Waals surface area contributed by atoms with Gasteiger partial charge in [-0.15, -0.1) is 0 Å². The molecule has 3 heteroatoms. The van der Waals surface area contributed by atoms with E-state index in [1.54, 1.807) is 0 Å². The number of phenolic OH excluding ortho intramolecular Hbond substituents is 1. The van der Waals surface area contributed by atoms with E-state index in [1.165, 1.54) is 6.07 Å². The van der Waals surface area contributed by atoms with E-state index in [1.807, 2.05) is 0 Å². The SMILES string of the molecule is [2H]c1cc2c(c([2H])c1O)NC(=O)C([2H])([2H])C2. The summed E-state index contributed by atoms with van der Waals surface area (Å²) >= 11 is 0. The Morgan fingerprint density at radius 1 is 1.75 bits per heavy atom. The van der Waals surface area contributed by atoms with Crippen LogP contribution in [0.25, 0.3) is 0 Å². The van der Waals surface area contributed by atoms with E-state index in [0.29, 0.717) is 5.56 Å². The van der Waals surface area contributed by atoms with Gasteiger partial charge < -0.3 is 10.4 Å². The number of nitrogens with one attached hydrogen (secondary N) is 1. The van der Waals surface area contributed by atoms with E-state index in [2.05, 4.69) is 5.32 Å². The highest BCUT2D eigenvalue weighted by Crippen LogP contribution is 2.25. The van der Waals surface area contributed by atoms with E-state index in [-0.39, 0.29) is 24.2 Å². The number of carbonyl (C=O) groups excluding carboxylic acids is 1. The highest BCUT2D eigenvalue weighted by molar-refractivity contribution is 5.94. The van der Waals surface area contributed by atoms with Crippen LogP contribution in [0.4, 0.5) is 5.69 Å². The zero-order valence-electron chi connectivity index (χ0n) is 10.1. The van der Waals surface area contributed by atoms with Crippen LogP contribution < -0.4 is 5.32 Å². The summed E-state index contributed by atoms with van der Waals surface area (Å²) < 4.78 is 29.8. The quantitative estimate of drug-likeness (QED) is 0.611. The maximum Gasteiger partial charge on any atom is 0.224 e. The summed E-state index contributed by atoms with van der Waals surface area (Å²) in [6.07, 6.45) is -2.23. The van der Waals surface area contributed by atoms with E-state index in [4.69, 9.17) is 5.48 Å². The van der Waals surface area contributed by atoms with Gasteiger partial charge in [0.15, 0.2) is 0 Å². The van der Waals surface area contributed by atoms with E-state index in [0.717, 1.165) is 0 Å². The van der Waals surface area contributed by atoms with Crippen LogP contribution in [0.2, 0.25) is 0 Å². The third kappa shape index (κ3) is 1.13. The number of hydrogen-bond acceptors (Lipinski definition) is 2. The van der Waals surface area contributed by atoms with Gasteiger partial charge in [0.2, 0.25) is 5.91 Å². The van der Waals surface area contributed by atoms with E-state index < -0.39 is 18.0 Å². The average molecular weight is 167 g/mol. The zero-order chi connectivity index (χ0) is 12.1. The van der Waals surface area contributed by atoms with Gasteiger partial charge in [0.1, 0.15) is 5.75 Å². The third-order valence-electron chi connectivity index (χ3n) is 1.63. The van der Waals surface area contributed by atoms with Gasteiger partial charge in [-0.05, 0) is 18.0 Å². The van der Waals surface area contributed by atoms with Crippen LogP contribution in [0.1, 0.15) is 17.4 Å². The van der Waals surface area contributed by atoms with Crippen molar-refractivity contribution >= 4 is 11.6 Å². The van der Waals surface area contributed by atoms with Gasteiger partial charge in [-0.2, -0.15) is 0 Å². The summed E-state index contributed by atoms with van der Waals surface area (Å²) in [4.78, 5) is 11.3. The lowest BCUT2D eigenvalue weighted by atomic mass is 10.0. The smallest absolute Gasteiger partial charge is 0.224 e. The summed E-state index contributed by atoms with van der Waals surface area (Å²) in [5, 5.41) is 11.6. The summed E-state index contributed by atoms with van der Waals surface area (Å²) in [5.74, 6) is -1.34. The monoisotopic (exact) mass is 167 g/mol. The van der Waals surface area contributed by atoms with E-state index in [9.17, 15) is 9.90 Å². The first-order chi connectivity index (χ1) is 7.33. The lowest BCUT2D eigenvalue weighted by molar-refractivity contribution is -0.116. The van der Waals surface area contributed by atoms with Crippen molar-refractivity contribution in [3.8, 4) is 5.75 Å². The molecule has 0 bridgehead atoms. The molecule has 1 aromatic carbocycles. The van der Waals surface area contributed by atoms with Crippen molar-refractivity contribution in [1.29, 1.82) is 0 Å². The molecule has 12 heavy (non-hydrogen) atoms. The summed E-state index contributed by atoms with van der Waals surface area (Å²) in [7, 11) is 0. The number of rotatable bonds is 0. The Kier molecular flexibility index (Phi) is 0.825. The minimum atomic E-state index is -2.04. The Labute approximate surface area is 75.6 Å². The van der Waals surface area contributed by atoms with Crippen molar-refractivity contribution in [2.45, 2.75) is 12.8 Å². The minimum Gasteiger partial charge on any atom is -0.508 e. The van der Waals surface area contributed by atoms with Crippen LogP contribution in [0.15, 0.2) is 18.2 Å². The Morgan fingerprint density at radius 2 is 2.58 bits per heavy atom. The predicted molar refractivity (Wildman–Crippen MR) is 45.1 cm³/mol. The molecule has 0 aliphatic carbocycles. The van der Waals surface area contributed by atoms with Gasteiger partial charge in [-0.1, -0.05) is 6.07 Å². The van der Waals surface area contributed by atoms with Crippen LogP contribution in [0.5, 0.6) is 5.75 Å². The van der Waals surface area contributed by atoms with Crippen LogP contribution in [-0.2, 0) is 11.2 Å². The van der Waals surface area contributed by atoms with Crippen molar-refractivity contribution in [3.63, 3.8) is 0 Å². The second-order valence-corrected chi connectivity index (χ2v) is 2.47. The average Bonchev–Trinajstić information content (AvgIpc) is 2.18. The van der Waals surface area contributed by atoms with Crippen molar-refractivity contribution in [3.05, 3.63) is 23.7 Å². The van der Waals surface area contributed by atoms with Gasteiger partial charge in [-0.25, -0.2) is 0 Å². The minimum absolute atomic E-state index is 0.0913. The first-order valence-electron chi connectivity index (χ1n) is 5.46. The molecule has 0 spiro atoms. The standard InChI is InChI=1S/C9H9NO2/c11-7-3-1-6-2-4-9(12)10-8(6)5-7/h1,3,5,11H,2,4H2,(H,10,12)/i3D,4D2,5D. The first kappa shape index (κ1) is 3.94. The molecule has 3 nitrogen and oxygen atoms in total. The Balaban J connectivity index is 2.61. The summed E-state index contributed by atoms with van der Waals surface area (Å²) in [6.45, 7) is 0. The second kappa shape index (κ2) is 2.52. The van der Waals surface area contributed by atoms with Gasteiger partial charge in [0.05, 0.1) is 2.74 Å². The number of benzene rings is 1. The molecule has 1 heterocycles. The number of hydrogen-bond donors (Lipinski definition) is 2. The molecule has 1 amide bonds. The predicted octanol–water partition coefficient (Wildman–Crippen LogP) is 1.28. The number of aromatic hydroxyl groups is 1. The number of amides is 1. The van der Waals surface area contributed by atoms with Gasteiger partial charge in [0, 0.05) is 20.8 Å². The topological polar surface area (TPSA) is 49.3 Å². The molecule has 1 aliphatic heterocycles. The second-order valence-electron chi connectivity index (χ2n) is 2.47.